The number of hydrogen-bond acceptors (Lipinski definition) is 4. The quantitative estimate of drug-likeness (QED) is 0.851. The Morgan fingerprint density at radius 2 is 2.04 bits per heavy atom. The maximum atomic E-state index is 12.4. The third kappa shape index (κ3) is 4.38. The fourth-order valence-corrected chi connectivity index (χ4v) is 4.16. The van der Waals surface area contributed by atoms with E-state index in [0.717, 1.165) is 49.7 Å². The van der Waals surface area contributed by atoms with Gasteiger partial charge in [0.05, 0.1) is 0 Å². The molecule has 2 aliphatic rings. The second kappa shape index (κ2) is 8.65. The summed E-state index contributed by atoms with van der Waals surface area (Å²) in [4.78, 5) is 12.4. The van der Waals surface area contributed by atoms with Crippen LogP contribution in [0.3, 0.4) is 0 Å². The molecule has 1 unspecified atom stereocenters. The Hall–Kier alpha value is -2.21. The Balaban J connectivity index is 1.30. The van der Waals surface area contributed by atoms with Gasteiger partial charge in [0.1, 0.15) is 11.6 Å². The number of piperidine rings is 1. The van der Waals surface area contributed by atoms with Crippen molar-refractivity contribution >= 4 is 5.91 Å². The Bertz CT molecular complexity index is 761. The van der Waals surface area contributed by atoms with Gasteiger partial charge in [0.2, 0.25) is 0 Å². The first kappa shape index (κ1) is 18.2. The van der Waals surface area contributed by atoms with Gasteiger partial charge in [-0.1, -0.05) is 18.6 Å². The summed E-state index contributed by atoms with van der Waals surface area (Å²) in [6.07, 6.45) is 7.83. The number of amides is 1. The summed E-state index contributed by atoms with van der Waals surface area (Å²) in [5.74, 6) is 2.65. The van der Waals surface area contributed by atoms with Crippen LogP contribution in [0.2, 0.25) is 0 Å². The van der Waals surface area contributed by atoms with Gasteiger partial charge < -0.3 is 15.2 Å². The highest BCUT2D eigenvalue weighted by Gasteiger charge is 2.16. The molecule has 0 aliphatic carbocycles. The van der Waals surface area contributed by atoms with Crippen molar-refractivity contribution in [2.24, 2.45) is 0 Å². The standard InChI is InChI=1S/C21H29N5O/c27-21(17-9-7-16(8-10-17)18-5-4-12-22-15-18)23-13-11-20-25-24-19-6-2-1-3-14-26(19)20/h7-10,18,22H,1-6,11-15H2,(H,23,27). The number of hydrogen-bond donors (Lipinski definition) is 2. The Morgan fingerprint density at radius 3 is 2.85 bits per heavy atom. The summed E-state index contributed by atoms with van der Waals surface area (Å²) in [7, 11) is 0. The van der Waals surface area contributed by atoms with Gasteiger partial charge in [-0.2, -0.15) is 0 Å². The average molecular weight is 367 g/mol. The van der Waals surface area contributed by atoms with E-state index in [0.29, 0.717) is 12.5 Å². The molecule has 0 radical (unpaired) electrons. The van der Waals surface area contributed by atoms with Gasteiger partial charge in [-0.25, -0.2) is 0 Å². The predicted molar refractivity (Wildman–Crippen MR) is 105 cm³/mol. The molecule has 0 spiro atoms. The van der Waals surface area contributed by atoms with Crippen LogP contribution in [0.1, 0.15) is 65.6 Å². The molecule has 2 N–H and O–H groups in total. The summed E-state index contributed by atoms with van der Waals surface area (Å²) >= 11 is 0. The Labute approximate surface area is 160 Å². The number of benzene rings is 1. The van der Waals surface area contributed by atoms with Crippen LogP contribution in [-0.4, -0.2) is 40.3 Å². The zero-order valence-electron chi connectivity index (χ0n) is 15.9. The van der Waals surface area contributed by atoms with Crippen molar-refractivity contribution in [3.05, 3.63) is 47.0 Å². The molecule has 1 aromatic carbocycles. The lowest BCUT2D eigenvalue weighted by Gasteiger charge is -2.23. The second-order valence-electron chi connectivity index (χ2n) is 7.67. The topological polar surface area (TPSA) is 71.8 Å². The van der Waals surface area contributed by atoms with Crippen molar-refractivity contribution in [3.8, 4) is 0 Å². The van der Waals surface area contributed by atoms with Crippen LogP contribution in [0, 0.1) is 0 Å². The van der Waals surface area contributed by atoms with Crippen molar-refractivity contribution in [1.29, 1.82) is 0 Å². The molecule has 0 bridgehead atoms. The number of nitrogens with one attached hydrogen (secondary N) is 2. The van der Waals surface area contributed by atoms with Gasteiger partial charge in [-0.15, -0.1) is 10.2 Å². The van der Waals surface area contributed by atoms with Gasteiger partial charge in [0.15, 0.2) is 0 Å². The SMILES string of the molecule is O=C(NCCc1nnc2n1CCCCC2)c1ccc(C2CCCNC2)cc1. The van der Waals surface area contributed by atoms with Crippen LogP contribution >= 0.6 is 0 Å². The van der Waals surface area contributed by atoms with E-state index in [9.17, 15) is 4.79 Å². The molecule has 3 heterocycles. The minimum atomic E-state index is -0.0149. The number of carbonyl (C=O) groups excluding carboxylic acids is 1. The highest BCUT2D eigenvalue weighted by Crippen LogP contribution is 2.23. The first-order valence-corrected chi connectivity index (χ1v) is 10.3. The van der Waals surface area contributed by atoms with Crippen LogP contribution in [0.25, 0.3) is 0 Å². The van der Waals surface area contributed by atoms with E-state index < -0.39 is 0 Å². The second-order valence-corrected chi connectivity index (χ2v) is 7.67. The molecular formula is C21H29N5O. The minimum Gasteiger partial charge on any atom is -0.352 e. The number of aryl methyl sites for hydroxylation is 1. The van der Waals surface area contributed by atoms with E-state index in [1.54, 1.807) is 0 Å². The zero-order valence-corrected chi connectivity index (χ0v) is 15.9. The van der Waals surface area contributed by atoms with Crippen molar-refractivity contribution < 1.29 is 4.79 Å². The van der Waals surface area contributed by atoms with E-state index in [2.05, 4.69) is 37.5 Å². The molecule has 144 valence electrons. The number of carbonyl (C=O) groups is 1. The molecular weight excluding hydrogens is 338 g/mol. The van der Waals surface area contributed by atoms with Gasteiger partial charge >= 0.3 is 0 Å². The molecule has 4 rings (SSSR count). The van der Waals surface area contributed by atoms with Crippen LogP contribution in [0.15, 0.2) is 24.3 Å². The molecule has 6 heteroatoms. The lowest BCUT2D eigenvalue weighted by atomic mass is 9.91. The highest BCUT2D eigenvalue weighted by atomic mass is 16.1. The monoisotopic (exact) mass is 367 g/mol. The van der Waals surface area contributed by atoms with Gasteiger partial charge in [-0.3, -0.25) is 4.79 Å². The molecule has 27 heavy (non-hydrogen) atoms. The molecule has 1 fully saturated rings. The molecule has 2 aliphatic heterocycles. The maximum absolute atomic E-state index is 12.4. The molecule has 1 aromatic heterocycles. The Kier molecular flexibility index (Phi) is 5.82. The van der Waals surface area contributed by atoms with Crippen LogP contribution < -0.4 is 10.6 Å². The van der Waals surface area contributed by atoms with E-state index in [1.807, 2.05) is 12.1 Å². The molecule has 1 saturated heterocycles. The van der Waals surface area contributed by atoms with Crippen LogP contribution in [-0.2, 0) is 19.4 Å². The fraction of sp³-hybridized carbons (Fsp3) is 0.571. The third-order valence-electron chi connectivity index (χ3n) is 5.76. The van der Waals surface area contributed by atoms with E-state index >= 15 is 0 Å². The first-order valence-electron chi connectivity index (χ1n) is 10.3. The largest absolute Gasteiger partial charge is 0.352 e. The van der Waals surface area contributed by atoms with E-state index in [4.69, 9.17) is 0 Å². The molecule has 6 nitrogen and oxygen atoms in total. The maximum Gasteiger partial charge on any atom is 0.251 e. The predicted octanol–water partition coefficient (Wildman–Crippen LogP) is 2.44. The highest BCUT2D eigenvalue weighted by molar-refractivity contribution is 5.94. The summed E-state index contributed by atoms with van der Waals surface area (Å²) in [6, 6.07) is 8.10. The number of aromatic nitrogens is 3. The summed E-state index contributed by atoms with van der Waals surface area (Å²) in [5.41, 5.74) is 2.05. The van der Waals surface area contributed by atoms with Gasteiger partial charge in [0, 0.05) is 38.0 Å². The van der Waals surface area contributed by atoms with Crippen molar-refractivity contribution in [2.75, 3.05) is 19.6 Å². The summed E-state index contributed by atoms with van der Waals surface area (Å²) < 4.78 is 2.24. The average Bonchev–Trinajstić information content (AvgIpc) is 2.95. The number of fused-ring (bicyclic) bond motifs is 1. The molecule has 2 aromatic rings. The number of nitrogens with zero attached hydrogens (tertiary/aromatic N) is 3. The molecule has 1 amide bonds. The normalized spacial score (nSPS) is 19.9. The fourth-order valence-electron chi connectivity index (χ4n) is 4.16. The number of rotatable bonds is 5. The summed E-state index contributed by atoms with van der Waals surface area (Å²) in [6.45, 7) is 3.74. The van der Waals surface area contributed by atoms with Crippen LogP contribution in [0.4, 0.5) is 0 Å². The lowest BCUT2D eigenvalue weighted by molar-refractivity contribution is 0.0954. The smallest absolute Gasteiger partial charge is 0.251 e. The van der Waals surface area contributed by atoms with E-state index in [-0.39, 0.29) is 5.91 Å². The van der Waals surface area contributed by atoms with Gasteiger partial charge in [-0.05, 0) is 55.8 Å². The van der Waals surface area contributed by atoms with Crippen molar-refractivity contribution in [2.45, 2.75) is 57.4 Å². The van der Waals surface area contributed by atoms with E-state index in [1.165, 1.54) is 37.7 Å². The first-order chi connectivity index (χ1) is 13.3. The van der Waals surface area contributed by atoms with Gasteiger partial charge in [0.25, 0.3) is 5.91 Å². The minimum absolute atomic E-state index is 0.0149. The molecule has 0 saturated carbocycles. The third-order valence-corrected chi connectivity index (χ3v) is 5.76. The Morgan fingerprint density at radius 1 is 1.15 bits per heavy atom. The summed E-state index contributed by atoms with van der Waals surface area (Å²) in [5, 5.41) is 15.1. The zero-order chi connectivity index (χ0) is 18.5. The van der Waals surface area contributed by atoms with Crippen LogP contribution in [0.5, 0.6) is 0 Å². The molecule has 1 atom stereocenters. The van der Waals surface area contributed by atoms with Crippen molar-refractivity contribution in [1.82, 2.24) is 25.4 Å². The lowest BCUT2D eigenvalue weighted by Crippen LogP contribution is -2.28. The van der Waals surface area contributed by atoms with Crippen molar-refractivity contribution in [3.63, 3.8) is 0 Å².